The fourth-order valence-electron chi connectivity index (χ4n) is 3.85. The summed E-state index contributed by atoms with van der Waals surface area (Å²) in [7, 11) is 0. The van der Waals surface area contributed by atoms with Gasteiger partial charge in [-0.05, 0) is 5.56 Å². The third-order valence-electron chi connectivity index (χ3n) is 5.22. The Labute approximate surface area is 158 Å². The minimum atomic E-state index is -0.248. The molecule has 7 heteroatoms. The fraction of sp³-hybridized carbons (Fsp3) is 0.474. The van der Waals surface area contributed by atoms with Gasteiger partial charge in [-0.1, -0.05) is 30.3 Å². The van der Waals surface area contributed by atoms with E-state index < -0.39 is 0 Å². The van der Waals surface area contributed by atoms with Gasteiger partial charge in [0, 0.05) is 49.5 Å². The number of hydrogen-bond acceptors (Lipinski definition) is 7. The number of benzene rings is 1. The average Bonchev–Trinajstić information content (AvgIpc) is 3.21. The van der Waals surface area contributed by atoms with E-state index in [0.29, 0.717) is 17.7 Å². The van der Waals surface area contributed by atoms with Gasteiger partial charge < -0.3 is 16.2 Å². The van der Waals surface area contributed by atoms with Crippen LogP contribution in [-0.2, 0) is 5.75 Å². The molecule has 4 N–H and O–H groups in total. The van der Waals surface area contributed by atoms with Crippen LogP contribution in [0.25, 0.3) is 0 Å². The van der Waals surface area contributed by atoms with Crippen molar-refractivity contribution < 1.29 is 5.11 Å². The summed E-state index contributed by atoms with van der Waals surface area (Å²) in [5, 5.41) is 13.8. The molecule has 0 aliphatic carbocycles. The molecule has 138 valence electrons. The largest absolute Gasteiger partial charge is 0.391 e. The highest BCUT2D eigenvalue weighted by Crippen LogP contribution is 2.34. The second kappa shape index (κ2) is 7.82. The number of β-amino-alcohol motifs (C(OH)–C–C–N with tert-alkyl or cyclic N) is 1. The Bertz CT molecular complexity index is 744. The first-order valence-electron chi connectivity index (χ1n) is 9.07. The molecule has 2 unspecified atom stereocenters. The van der Waals surface area contributed by atoms with Crippen LogP contribution in [0.15, 0.2) is 36.7 Å². The lowest BCUT2D eigenvalue weighted by Crippen LogP contribution is -2.28. The van der Waals surface area contributed by atoms with Gasteiger partial charge in [0.15, 0.2) is 5.82 Å². The van der Waals surface area contributed by atoms with Crippen LogP contribution in [-0.4, -0.2) is 58.0 Å². The predicted molar refractivity (Wildman–Crippen MR) is 106 cm³/mol. The number of anilines is 2. The van der Waals surface area contributed by atoms with E-state index in [1.807, 2.05) is 17.8 Å². The maximum atomic E-state index is 10.5. The summed E-state index contributed by atoms with van der Waals surface area (Å²) in [6, 6.07) is 10.5. The van der Waals surface area contributed by atoms with Gasteiger partial charge in [-0.2, -0.15) is 11.8 Å². The summed E-state index contributed by atoms with van der Waals surface area (Å²) in [5.74, 6) is 3.14. The van der Waals surface area contributed by atoms with E-state index in [1.165, 1.54) is 11.9 Å². The number of nitrogen functional groups attached to an aromatic ring is 1. The Morgan fingerprint density at radius 3 is 2.92 bits per heavy atom. The first kappa shape index (κ1) is 17.6. The van der Waals surface area contributed by atoms with Crippen molar-refractivity contribution in [3.63, 3.8) is 0 Å². The van der Waals surface area contributed by atoms with E-state index >= 15 is 0 Å². The molecule has 0 spiro atoms. The van der Waals surface area contributed by atoms with Crippen molar-refractivity contribution in [2.75, 3.05) is 43.0 Å². The second-order valence-electron chi connectivity index (χ2n) is 7.14. The molecule has 1 saturated heterocycles. The number of aromatic nitrogens is 2. The molecular weight excluding hydrogens is 346 g/mol. The number of nitrogens with one attached hydrogen (secondary N) is 1. The molecule has 2 aliphatic heterocycles. The third kappa shape index (κ3) is 3.79. The number of aliphatic hydroxyl groups is 1. The smallest absolute Gasteiger partial charge is 0.150 e. The molecule has 4 rings (SSSR count). The SMILES string of the molecule is Nc1ncnc2c1NCC2CN1CC(O)[C@@H](CSCc2ccccc2)C1. The Morgan fingerprint density at radius 2 is 2.08 bits per heavy atom. The molecule has 0 saturated carbocycles. The van der Waals surface area contributed by atoms with Gasteiger partial charge in [-0.3, -0.25) is 4.90 Å². The number of nitrogens with two attached hydrogens (primary N) is 1. The summed E-state index contributed by atoms with van der Waals surface area (Å²) in [4.78, 5) is 10.8. The highest BCUT2D eigenvalue weighted by molar-refractivity contribution is 7.98. The predicted octanol–water partition coefficient (Wildman–Crippen LogP) is 1.79. The first-order chi connectivity index (χ1) is 12.7. The molecule has 1 aromatic heterocycles. The lowest BCUT2D eigenvalue weighted by atomic mass is 10.1. The summed E-state index contributed by atoms with van der Waals surface area (Å²) in [6.07, 6.45) is 1.29. The molecule has 6 nitrogen and oxygen atoms in total. The maximum Gasteiger partial charge on any atom is 0.150 e. The Balaban J connectivity index is 1.29. The normalized spacial score (nSPS) is 25.2. The van der Waals surface area contributed by atoms with E-state index in [9.17, 15) is 5.11 Å². The van der Waals surface area contributed by atoms with Crippen molar-refractivity contribution in [1.29, 1.82) is 0 Å². The average molecular weight is 372 g/mol. The summed E-state index contributed by atoms with van der Waals surface area (Å²) in [5.41, 5.74) is 9.15. The van der Waals surface area contributed by atoms with Gasteiger partial charge in [0.25, 0.3) is 0 Å². The van der Waals surface area contributed by atoms with E-state index in [4.69, 9.17) is 5.73 Å². The van der Waals surface area contributed by atoms with Crippen molar-refractivity contribution in [2.45, 2.75) is 17.8 Å². The van der Waals surface area contributed by atoms with Crippen molar-refractivity contribution >= 4 is 23.3 Å². The number of hydrogen-bond donors (Lipinski definition) is 3. The van der Waals surface area contributed by atoms with Crippen LogP contribution >= 0.6 is 11.8 Å². The number of fused-ring (bicyclic) bond motifs is 1. The van der Waals surface area contributed by atoms with Crippen LogP contribution in [0.3, 0.4) is 0 Å². The van der Waals surface area contributed by atoms with Crippen LogP contribution in [0.4, 0.5) is 11.5 Å². The number of likely N-dealkylation sites (tertiary alicyclic amines) is 1. The summed E-state index contributed by atoms with van der Waals surface area (Å²) >= 11 is 1.91. The lowest BCUT2D eigenvalue weighted by molar-refractivity contribution is 0.149. The Morgan fingerprint density at radius 1 is 1.23 bits per heavy atom. The van der Waals surface area contributed by atoms with Crippen molar-refractivity contribution in [1.82, 2.24) is 14.9 Å². The van der Waals surface area contributed by atoms with Crippen LogP contribution in [0.1, 0.15) is 17.2 Å². The van der Waals surface area contributed by atoms with Crippen molar-refractivity contribution in [3.05, 3.63) is 47.9 Å². The Hall–Kier alpha value is -1.83. The van der Waals surface area contributed by atoms with Gasteiger partial charge in [0.1, 0.15) is 6.33 Å². The van der Waals surface area contributed by atoms with E-state index in [0.717, 1.165) is 49.1 Å². The van der Waals surface area contributed by atoms with Crippen molar-refractivity contribution in [3.8, 4) is 0 Å². The van der Waals surface area contributed by atoms with Gasteiger partial charge in [-0.15, -0.1) is 0 Å². The highest BCUT2D eigenvalue weighted by Gasteiger charge is 2.34. The van der Waals surface area contributed by atoms with Crippen LogP contribution in [0, 0.1) is 5.92 Å². The first-order valence-corrected chi connectivity index (χ1v) is 10.2. The van der Waals surface area contributed by atoms with Gasteiger partial charge in [0.2, 0.25) is 0 Å². The standard InChI is InChI=1S/C19H25N5OS/c20-19-18-17(22-12-23-19)14(6-21-18)7-24-8-15(16(25)9-24)11-26-10-13-4-2-1-3-5-13/h1-5,12,14-16,21,25H,6-11H2,(H2,20,22,23)/t14?,15-,16?/m1/s1. The molecule has 0 radical (unpaired) electrons. The lowest BCUT2D eigenvalue weighted by Gasteiger charge is -2.19. The van der Waals surface area contributed by atoms with Crippen LogP contribution < -0.4 is 11.1 Å². The molecule has 0 bridgehead atoms. The molecule has 3 atom stereocenters. The topological polar surface area (TPSA) is 87.3 Å². The quantitative estimate of drug-likeness (QED) is 0.713. The van der Waals surface area contributed by atoms with Gasteiger partial charge in [-0.25, -0.2) is 9.97 Å². The van der Waals surface area contributed by atoms with E-state index in [-0.39, 0.29) is 6.10 Å². The van der Waals surface area contributed by atoms with Crippen LogP contribution in [0.2, 0.25) is 0 Å². The van der Waals surface area contributed by atoms with Crippen LogP contribution in [0.5, 0.6) is 0 Å². The zero-order chi connectivity index (χ0) is 17.9. The van der Waals surface area contributed by atoms with E-state index in [1.54, 1.807) is 0 Å². The number of nitrogens with zero attached hydrogens (tertiary/aromatic N) is 3. The molecule has 26 heavy (non-hydrogen) atoms. The van der Waals surface area contributed by atoms with Crippen molar-refractivity contribution in [2.24, 2.45) is 5.92 Å². The highest BCUT2D eigenvalue weighted by atomic mass is 32.2. The second-order valence-corrected chi connectivity index (χ2v) is 8.17. The summed E-state index contributed by atoms with van der Waals surface area (Å²) < 4.78 is 0. The maximum absolute atomic E-state index is 10.5. The van der Waals surface area contributed by atoms with Gasteiger partial charge in [0.05, 0.1) is 17.5 Å². The fourth-order valence-corrected chi connectivity index (χ4v) is 5.02. The zero-order valence-electron chi connectivity index (χ0n) is 14.7. The molecule has 1 fully saturated rings. The summed E-state index contributed by atoms with van der Waals surface area (Å²) in [6.45, 7) is 3.41. The molecular formula is C19H25N5OS. The minimum Gasteiger partial charge on any atom is -0.391 e. The van der Waals surface area contributed by atoms with E-state index in [2.05, 4.69) is 44.5 Å². The zero-order valence-corrected chi connectivity index (χ0v) is 15.5. The molecule has 2 aromatic rings. The third-order valence-corrected chi connectivity index (χ3v) is 6.42. The number of thioether (sulfide) groups is 1. The molecule has 2 aliphatic rings. The molecule has 0 amide bonds. The number of aliphatic hydroxyl groups excluding tert-OH is 1. The monoisotopic (exact) mass is 371 g/mol. The molecule has 3 heterocycles. The van der Waals surface area contributed by atoms with Gasteiger partial charge >= 0.3 is 0 Å². The number of rotatable bonds is 6. The molecule has 1 aromatic carbocycles. The minimum absolute atomic E-state index is 0.248. The Kier molecular flexibility index (Phi) is 5.28.